The molecule has 122 valence electrons. The molecule has 1 aliphatic carbocycles. The Balaban J connectivity index is 1.56. The highest BCUT2D eigenvalue weighted by molar-refractivity contribution is 7.71. The van der Waals surface area contributed by atoms with E-state index in [0.29, 0.717) is 23.2 Å². The Hall–Kier alpha value is -1.95. The lowest BCUT2D eigenvalue weighted by atomic mass is 10.00. The number of benzene rings is 1. The Morgan fingerprint density at radius 2 is 2.13 bits per heavy atom. The van der Waals surface area contributed by atoms with E-state index in [2.05, 4.69) is 53.6 Å². The highest BCUT2D eigenvalue weighted by Crippen LogP contribution is 2.47. The van der Waals surface area contributed by atoms with Crippen molar-refractivity contribution in [1.29, 1.82) is 0 Å². The Morgan fingerprint density at radius 1 is 1.43 bits per heavy atom. The number of carbonyl (C=O) groups excluding carboxylic acids is 1. The molecule has 2 atom stereocenters. The number of H-pyrrole nitrogens is 1. The van der Waals surface area contributed by atoms with E-state index < -0.39 is 0 Å². The summed E-state index contributed by atoms with van der Waals surface area (Å²) in [5, 5.41) is 9.78. The molecule has 1 saturated carbocycles. The first kappa shape index (κ1) is 15.9. The van der Waals surface area contributed by atoms with E-state index in [0.717, 1.165) is 12.2 Å². The molecular formula is C17H22N4OS. The molecule has 6 heteroatoms. The maximum Gasteiger partial charge on any atom is 0.224 e. The van der Waals surface area contributed by atoms with Crippen LogP contribution in [0.1, 0.15) is 49.1 Å². The Bertz CT molecular complexity index is 760. The molecule has 2 aromatic rings. The molecule has 0 aliphatic heterocycles. The second-order valence-electron chi connectivity index (χ2n) is 6.49. The highest BCUT2D eigenvalue weighted by atomic mass is 32.1. The van der Waals surface area contributed by atoms with Crippen molar-refractivity contribution < 1.29 is 4.79 Å². The third kappa shape index (κ3) is 3.37. The summed E-state index contributed by atoms with van der Waals surface area (Å²) in [6.45, 7) is 4.77. The number of nitrogens with zero attached hydrogens (tertiary/aromatic N) is 2. The summed E-state index contributed by atoms with van der Waals surface area (Å²) >= 11 is 5.06. The number of aromatic amines is 1. The van der Waals surface area contributed by atoms with Crippen LogP contribution in [0.2, 0.25) is 0 Å². The second-order valence-corrected chi connectivity index (χ2v) is 6.88. The van der Waals surface area contributed by atoms with Crippen molar-refractivity contribution in [3.05, 3.63) is 46.0 Å². The lowest BCUT2D eigenvalue weighted by molar-refractivity contribution is -0.122. The van der Waals surface area contributed by atoms with Gasteiger partial charge < -0.3 is 9.88 Å². The van der Waals surface area contributed by atoms with Crippen LogP contribution in [0.3, 0.4) is 0 Å². The van der Waals surface area contributed by atoms with Crippen molar-refractivity contribution >= 4 is 18.1 Å². The Labute approximate surface area is 141 Å². The molecule has 5 nitrogen and oxygen atoms in total. The first-order chi connectivity index (χ1) is 11.0. The lowest BCUT2D eigenvalue weighted by Crippen LogP contribution is -2.26. The normalized spacial score (nSPS) is 19.8. The summed E-state index contributed by atoms with van der Waals surface area (Å²) in [6.07, 6.45) is 0.922. The van der Waals surface area contributed by atoms with E-state index in [9.17, 15) is 4.79 Å². The zero-order valence-corrected chi connectivity index (χ0v) is 14.5. The fraction of sp³-hybridized carbons (Fsp3) is 0.471. The molecule has 0 bridgehead atoms. The quantitative estimate of drug-likeness (QED) is 0.828. The molecular weight excluding hydrogens is 308 g/mol. The van der Waals surface area contributed by atoms with Gasteiger partial charge in [0.2, 0.25) is 5.91 Å². The molecule has 0 spiro atoms. The van der Waals surface area contributed by atoms with Crippen molar-refractivity contribution in [2.45, 2.75) is 38.6 Å². The Morgan fingerprint density at radius 3 is 2.70 bits per heavy atom. The van der Waals surface area contributed by atoms with Gasteiger partial charge in [0.15, 0.2) is 10.6 Å². The summed E-state index contributed by atoms with van der Waals surface area (Å²) in [5.41, 5.74) is 2.59. The van der Waals surface area contributed by atoms with Crippen LogP contribution >= 0.6 is 12.2 Å². The molecule has 23 heavy (non-hydrogen) atoms. The standard InChI is InChI=1S/C17H22N4OS/c1-10(2)11-4-6-12(7-5-11)13-8-14(13)16(22)18-9-15-19-20-17(23)21(15)3/h4-7,10,13-14H,8-9H2,1-3H3,(H,18,22)(H,20,23)/t13-,14-/m1/s1. The fourth-order valence-electron chi connectivity index (χ4n) is 2.82. The van der Waals surface area contributed by atoms with E-state index in [1.165, 1.54) is 11.1 Å². The van der Waals surface area contributed by atoms with Crippen molar-refractivity contribution in [2.75, 3.05) is 0 Å². The van der Waals surface area contributed by atoms with Crippen molar-refractivity contribution in [2.24, 2.45) is 13.0 Å². The minimum absolute atomic E-state index is 0.0760. The van der Waals surface area contributed by atoms with Crippen molar-refractivity contribution in [3.63, 3.8) is 0 Å². The van der Waals surface area contributed by atoms with Gasteiger partial charge in [0.05, 0.1) is 6.54 Å². The first-order valence-corrected chi connectivity index (χ1v) is 8.36. The van der Waals surface area contributed by atoms with E-state index >= 15 is 0 Å². The van der Waals surface area contributed by atoms with E-state index in [1.54, 1.807) is 4.57 Å². The smallest absolute Gasteiger partial charge is 0.224 e. The van der Waals surface area contributed by atoms with Crippen LogP contribution in [0.5, 0.6) is 0 Å². The van der Waals surface area contributed by atoms with E-state index in [-0.39, 0.29) is 11.8 Å². The Kier molecular flexibility index (Phi) is 4.35. The molecule has 3 rings (SSSR count). The minimum Gasteiger partial charge on any atom is -0.349 e. The summed E-state index contributed by atoms with van der Waals surface area (Å²) in [6, 6.07) is 8.65. The number of hydrogen-bond donors (Lipinski definition) is 2. The second kappa shape index (κ2) is 6.28. The van der Waals surface area contributed by atoms with Crippen molar-refractivity contribution in [1.82, 2.24) is 20.1 Å². The number of aromatic nitrogens is 3. The van der Waals surface area contributed by atoms with Crippen LogP contribution in [-0.4, -0.2) is 20.7 Å². The zero-order chi connectivity index (χ0) is 16.6. The topological polar surface area (TPSA) is 62.7 Å². The van der Waals surface area contributed by atoms with Crippen LogP contribution in [0.4, 0.5) is 0 Å². The number of rotatable bonds is 5. The van der Waals surface area contributed by atoms with E-state index in [4.69, 9.17) is 12.2 Å². The molecule has 1 amide bonds. The predicted molar refractivity (Wildman–Crippen MR) is 91.6 cm³/mol. The maximum absolute atomic E-state index is 12.3. The zero-order valence-electron chi connectivity index (χ0n) is 13.7. The number of carbonyl (C=O) groups is 1. The highest BCUT2D eigenvalue weighted by Gasteiger charge is 2.43. The van der Waals surface area contributed by atoms with Crippen LogP contribution < -0.4 is 5.32 Å². The van der Waals surface area contributed by atoms with E-state index in [1.807, 2.05) is 7.05 Å². The largest absolute Gasteiger partial charge is 0.349 e. The fourth-order valence-corrected chi connectivity index (χ4v) is 2.97. The number of nitrogens with one attached hydrogen (secondary N) is 2. The summed E-state index contributed by atoms with van der Waals surface area (Å²) in [5.74, 6) is 1.79. The van der Waals surface area contributed by atoms with Gasteiger partial charge in [-0.25, -0.2) is 0 Å². The van der Waals surface area contributed by atoms with Gasteiger partial charge in [-0.1, -0.05) is 38.1 Å². The molecule has 0 saturated heterocycles. The summed E-state index contributed by atoms with van der Waals surface area (Å²) < 4.78 is 2.33. The minimum atomic E-state index is 0.0760. The van der Waals surface area contributed by atoms with Crippen LogP contribution in [0.15, 0.2) is 24.3 Å². The average molecular weight is 330 g/mol. The number of hydrogen-bond acceptors (Lipinski definition) is 3. The molecule has 0 radical (unpaired) electrons. The van der Waals surface area contributed by atoms with Gasteiger partial charge >= 0.3 is 0 Å². The first-order valence-electron chi connectivity index (χ1n) is 7.95. The number of amides is 1. The van der Waals surface area contributed by atoms with Gasteiger partial charge in [0, 0.05) is 13.0 Å². The van der Waals surface area contributed by atoms with Crippen molar-refractivity contribution in [3.8, 4) is 0 Å². The third-order valence-corrected chi connectivity index (χ3v) is 4.92. The van der Waals surface area contributed by atoms with Gasteiger partial charge in [-0.2, -0.15) is 5.10 Å². The van der Waals surface area contributed by atoms with Gasteiger partial charge in [-0.3, -0.25) is 9.89 Å². The summed E-state index contributed by atoms with van der Waals surface area (Å²) in [4.78, 5) is 12.3. The predicted octanol–water partition coefficient (Wildman–Crippen LogP) is 3.02. The van der Waals surface area contributed by atoms with Gasteiger partial charge in [0.25, 0.3) is 0 Å². The monoisotopic (exact) mass is 330 g/mol. The van der Waals surface area contributed by atoms with Crippen LogP contribution in [0.25, 0.3) is 0 Å². The summed E-state index contributed by atoms with van der Waals surface area (Å²) in [7, 11) is 1.84. The SMILES string of the molecule is CC(C)c1ccc([C@H]2C[C@H]2C(=O)NCc2n[nH]c(=S)n2C)cc1. The molecule has 1 fully saturated rings. The van der Waals surface area contributed by atoms with Gasteiger partial charge in [-0.15, -0.1) is 0 Å². The third-order valence-electron chi connectivity index (χ3n) is 4.55. The van der Waals surface area contributed by atoms with Crippen LogP contribution in [0, 0.1) is 10.7 Å². The molecule has 1 heterocycles. The molecule has 0 unspecified atom stereocenters. The maximum atomic E-state index is 12.3. The van der Waals surface area contributed by atoms with Crippen LogP contribution in [-0.2, 0) is 18.4 Å². The molecule has 2 N–H and O–H groups in total. The molecule has 1 aromatic carbocycles. The molecule has 1 aromatic heterocycles. The van der Waals surface area contributed by atoms with Gasteiger partial charge in [0.1, 0.15) is 0 Å². The molecule has 1 aliphatic rings. The van der Waals surface area contributed by atoms with Gasteiger partial charge in [-0.05, 0) is 41.6 Å². The average Bonchev–Trinajstić information content (AvgIpc) is 3.28. The lowest BCUT2D eigenvalue weighted by Gasteiger charge is -2.07.